The minimum atomic E-state index is -0.448. The summed E-state index contributed by atoms with van der Waals surface area (Å²) < 4.78 is 14.6. The van der Waals surface area contributed by atoms with E-state index in [2.05, 4.69) is 9.88 Å². The number of halogens is 2. The fourth-order valence-corrected chi connectivity index (χ4v) is 2.95. The number of aryl methyl sites for hydroxylation is 1. The summed E-state index contributed by atoms with van der Waals surface area (Å²) in [5, 5.41) is 0.0854. The number of anilines is 1. The molecule has 1 fully saturated rings. The van der Waals surface area contributed by atoms with Gasteiger partial charge in [0.25, 0.3) is 5.56 Å². The Morgan fingerprint density at radius 2 is 1.96 bits per heavy atom. The fourth-order valence-electron chi connectivity index (χ4n) is 2.78. The summed E-state index contributed by atoms with van der Waals surface area (Å²) >= 11 is 5.82. The van der Waals surface area contributed by atoms with Gasteiger partial charge in [-0.1, -0.05) is 11.6 Å². The summed E-state index contributed by atoms with van der Waals surface area (Å²) in [7, 11) is 0. The highest BCUT2D eigenvalue weighted by atomic mass is 35.5. The smallest absolute Gasteiger partial charge is 0.253 e. The van der Waals surface area contributed by atoms with Crippen LogP contribution >= 0.6 is 11.6 Å². The number of hydrogen-bond acceptors (Lipinski definition) is 4. The third kappa shape index (κ3) is 3.99. The number of hydrogen-bond donors (Lipinski definition) is 0. The highest BCUT2D eigenvalue weighted by Crippen LogP contribution is 2.23. The second-order valence-corrected chi connectivity index (χ2v) is 6.37. The van der Waals surface area contributed by atoms with Gasteiger partial charge in [-0.15, -0.1) is 0 Å². The van der Waals surface area contributed by atoms with Crippen LogP contribution in [-0.2, 0) is 11.3 Å². The second kappa shape index (κ2) is 7.23. The summed E-state index contributed by atoms with van der Waals surface area (Å²) in [6.45, 7) is 4.01. The van der Waals surface area contributed by atoms with Crippen LogP contribution in [0.1, 0.15) is 5.69 Å². The minimum absolute atomic E-state index is 0.0194. The summed E-state index contributed by atoms with van der Waals surface area (Å²) in [4.78, 5) is 32.1. The van der Waals surface area contributed by atoms with Crippen molar-refractivity contribution in [2.24, 2.45) is 0 Å². The summed E-state index contributed by atoms with van der Waals surface area (Å²) in [5.74, 6) is -0.569. The van der Waals surface area contributed by atoms with E-state index in [-0.39, 0.29) is 23.0 Å². The molecule has 1 aromatic carbocycles. The zero-order valence-electron chi connectivity index (χ0n) is 13.8. The van der Waals surface area contributed by atoms with E-state index in [1.54, 1.807) is 24.0 Å². The van der Waals surface area contributed by atoms with E-state index in [1.807, 2.05) is 0 Å². The maximum Gasteiger partial charge on any atom is 0.253 e. The molecule has 2 heterocycles. The Kier molecular flexibility index (Phi) is 5.03. The van der Waals surface area contributed by atoms with Crippen molar-refractivity contribution in [1.82, 2.24) is 14.5 Å². The quantitative estimate of drug-likeness (QED) is 0.831. The van der Waals surface area contributed by atoms with E-state index in [9.17, 15) is 14.0 Å². The van der Waals surface area contributed by atoms with Crippen molar-refractivity contribution < 1.29 is 9.18 Å². The maximum atomic E-state index is 13.3. The number of amides is 1. The van der Waals surface area contributed by atoms with Gasteiger partial charge in [-0.2, -0.15) is 0 Å². The molecule has 0 saturated carbocycles. The molecule has 0 spiro atoms. The van der Waals surface area contributed by atoms with Crippen LogP contribution in [0.4, 0.5) is 10.1 Å². The largest absolute Gasteiger partial charge is 0.368 e. The molecule has 1 aliphatic rings. The van der Waals surface area contributed by atoms with Gasteiger partial charge in [0.05, 0.1) is 11.3 Å². The number of rotatable bonds is 3. The minimum Gasteiger partial charge on any atom is -0.368 e. The molecule has 0 bridgehead atoms. The molecule has 0 N–H and O–H groups in total. The average molecular weight is 365 g/mol. The van der Waals surface area contributed by atoms with Crippen molar-refractivity contribution in [1.29, 1.82) is 0 Å². The van der Waals surface area contributed by atoms with Crippen molar-refractivity contribution in [2.75, 3.05) is 31.1 Å². The van der Waals surface area contributed by atoms with Gasteiger partial charge in [-0.25, -0.2) is 9.37 Å². The highest BCUT2D eigenvalue weighted by molar-refractivity contribution is 6.31. The van der Waals surface area contributed by atoms with E-state index in [0.29, 0.717) is 31.9 Å². The highest BCUT2D eigenvalue weighted by Gasteiger charge is 2.22. The monoisotopic (exact) mass is 364 g/mol. The Bertz CT molecular complexity index is 847. The van der Waals surface area contributed by atoms with Crippen LogP contribution in [0.2, 0.25) is 5.02 Å². The molecule has 1 aliphatic heterocycles. The molecule has 1 amide bonds. The van der Waals surface area contributed by atoms with E-state index in [4.69, 9.17) is 11.6 Å². The van der Waals surface area contributed by atoms with Gasteiger partial charge < -0.3 is 9.80 Å². The van der Waals surface area contributed by atoms with Crippen LogP contribution in [0.15, 0.2) is 35.4 Å². The molecule has 0 aliphatic carbocycles. The van der Waals surface area contributed by atoms with Crippen LogP contribution in [0.25, 0.3) is 0 Å². The van der Waals surface area contributed by atoms with Gasteiger partial charge in [0.15, 0.2) is 0 Å². The van der Waals surface area contributed by atoms with Crippen LogP contribution in [0.3, 0.4) is 0 Å². The Balaban J connectivity index is 1.60. The Hall–Kier alpha value is -2.41. The van der Waals surface area contributed by atoms with E-state index in [1.165, 1.54) is 23.0 Å². The van der Waals surface area contributed by atoms with Crippen molar-refractivity contribution in [3.8, 4) is 0 Å². The van der Waals surface area contributed by atoms with Crippen LogP contribution in [-0.4, -0.2) is 46.5 Å². The number of aromatic nitrogens is 2. The lowest BCUT2D eigenvalue weighted by Gasteiger charge is -2.36. The fraction of sp³-hybridized carbons (Fsp3) is 0.353. The van der Waals surface area contributed by atoms with Gasteiger partial charge in [0.2, 0.25) is 5.91 Å². The zero-order valence-corrected chi connectivity index (χ0v) is 14.5. The van der Waals surface area contributed by atoms with Crippen LogP contribution < -0.4 is 10.5 Å². The van der Waals surface area contributed by atoms with E-state index >= 15 is 0 Å². The summed E-state index contributed by atoms with van der Waals surface area (Å²) in [5.41, 5.74) is 1.22. The molecule has 2 aromatic rings. The van der Waals surface area contributed by atoms with Gasteiger partial charge in [0, 0.05) is 43.6 Å². The molecule has 0 unspecified atom stereocenters. The zero-order chi connectivity index (χ0) is 18.0. The van der Waals surface area contributed by atoms with Crippen molar-refractivity contribution in [2.45, 2.75) is 13.5 Å². The van der Waals surface area contributed by atoms with Gasteiger partial charge in [-0.3, -0.25) is 14.2 Å². The third-order valence-corrected chi connectivity index (χ3v) is 4.51. The molecule has 132 valence electrons. The molecule has 6 nitrogen and oxygen atoms in total. The standard InChI is InChI=1S/C17H18ClFN4O2/c1-12-8-16(24)23(11-20-12)10-17(25)22-6-4-21(5-7-22)13-2-3-15(19)14(18)9-13/h2-3,8-9,11H,4-7,10H2,1H3. The molecular formula is C17H18ClFN4O2. The normalized spacial score (nSPS) is 14.7. The number of carbonyl (C=O) groups excluding carboxylic acids is 1. The van der Waals surface area contributed by atoms with Gasteiger partial charge in [0.1, 0.15) is 12.4 Å². The van der Waals surface area contributed by atoms with E-state index < -0.39 is 5.82 Å². The molecule has 0 atom stereocenters. The number of nitrogens with zero attached hydrogens (tertiary/aromatic N) is 4. The lowest BCUT2D eigenvalue weighted by Crippen LogP contribution is -2.50. The molecule has 3 rings (SSSR count). The number of piperazine rings is 1. The first kappa shape index (κ1) is 17.4. The summed E-state index contributed by atoms with van der Waals surface area (Å²) in [6.07, 6.45) is 1.40. The first-order valence-electron chi connectivity index (χ1n) is 7.95. The lowest BCUT2D eigenvalue weighted by atomic mass is 10.2. The average Bonchev–Trinajstić information content (AvgIpc) is 2.60. The number of carbonyl (C=O) groups is 1. The molecular weight excluding hydrogens is 347 g/mol. The molecule has 1 saturated heterocycles. The van der Waals surface area contributed by atoms with Crippen molar-refractivity contribution >= 4 is 23.2 Å². The Morgan fingerprint density at radius 3 is 2.60 bits per heavy atom. The van der Waals surface area contributed by atoms with Crippen molar-refractivity contribution in [3.63, 3.8) is 0 Å². The first-order chi connectivity index (χ1) is 11.9. The molecule has 8 heteroatoms. The molecule has 25 heavy (non-hydrogen) atoms. The van der Waals surface area contributed by atoms with Crippen LogP contribution in [0.5, 0.6) is 0 Å². The predicted molar refractivity (Wildman–Crippen MR) is 93.4 cm³/mol. The SMILES string of the molecule is Cc1cc(=O)n(CC(=O)N2CCN(c3ccc(F)c(Cl)c3)CC2)cn1. The van der Waals surface area contributed by atoms with Crippen LogP contribution in [0, 0.1) is 12.7 Å². The van der Waals surface area contributed by atoms with Crippen molar-refractivity contribution in [3.05, 3.63) is 57.5 Å². The lowest BCUT2D eigenvalue weighted by molar-refractivity contribution is -0.132. The predicted octanol–water partition coefficient (Wildman–Crippen LogP) is 1.69. The summed E-state index contributed by atoms with van der Waals surface area (Å²) in [6, 6.07) is 6.01. The third-order valence-electron chi connectivity index (χ3n) is 4.22. The first-order valence-corrected chi connectivity index (χ1v) is 8.33. The maximum absolute atomic E-state index is 13.3. The van der Waals surface area contributed by atoms with Gasteiger partial charge >= 0.3 is 0 Å². The Labute approximate surface area is 149 Å². The second-order valence-electron chi connectivity index (χ2n) is 5.96. The topological polar surface area (TPSA) is 58.4 Å². The number of benzene rings is 1. The van der Waals surface area contributed by atoms with Gasteiger partial charge in [-0.05, 0) is 25.1 Å². The molecule has 0 radical (unpaired) electrons. The van der Waals surface area contributed by atoms with E-state index in [0.717, 1.165) is 5.69 Å². The molecule has 1 aromatic heterocycles. The Morgan fingerprint density at radius 1 is 1.24 bits per heavy atom.